The molecule has 2 fully saturated rings. The summed E-state index contributed by atoms with van der Waals surface area (Å²) in [5, 5.41) is 14.1. The number of ether oxygens (including phenoxy) is 1. The molecule has 7 heteroatoms. The first-order valence-electron chi connectivity index (χ1n) is 8.80. The molecule has 3 heterocycles. The van der Waals surface area contributed by atoms with Gasteiger partial charge in [0.2, 0.25) is 0 Å². The second-order valence-electron chi connectivity index (χ2n) is 6.69. The number of halogens is 1. The summed E-state index contributed by atoms with van der Waals surface area (Å²) in [6, 6.07) is 8.60. The first kappa shape index (κ1) is 16.4. The molecule has 2 aliphatic rings. The van der Waals surface area contributed by atoms with E-state index in [2.05, 4.69) is 15.5 Å². The van der Waals surface area contributed by atoms with Gasteiger partial charge in [-0.2, -0.15) is 0 Å². The van der Waals surface area contributed by atoms with Crippen LogP contribution in [0.4, 0.5) is 10.6 Å². The lowest BCUT2D eigenvalue weighted by molar-refractivity contribution is 0.0711. The van der Waals surface area contributed by atoms with Crippen LogP contribution in [0.25, 0.3) is 10.8 Å². The summed E-state index contributed by atoms with van der Waals surface area (Å²) in [6.07, 6.45) is 3.69. The van der Waals surface area contributed by atoms with Crippen molar-refractivity contribution in [2.24, 2.45) is 0 Å². The molecule has 6 nitrogen and oxygen atoms in total. The van der Waals surface area contributed by atoms with Gasteiger partial charge in [-0.3, -0.25) is 0 Å². The van der Waals surface area contributed by atoms with E-state index in [0.29, 0.717) is 11.8 Å². The number of benzene rings is 1. The summed E-state index contributed by atoms with van der Waals surface area (Å²) >= 11 is 6.15. The van der Waals surface area contributed by atoms with Crippen LogP contribution in [0, 0.1) is 0 Å². The largest absolute Gasteiger partial charge is 0.450 e. The van der Waals surface area contributed by atoms with Crippen molar-refractivity contribution in [3.05, 3.63) is 29.4 Å². The van der Waals surface area contributed by atoms with E-state index in [0.717, 1.165) is 42.3 Å². The molecule has 0 aliphatic carbocycles. The maximum Gasteiger partial charge on any atom is 0.410 e. The molecule has 25 heavy (non-hydrogen) atoms. The fourth-order valence-electron chi connectivity index (χ4n) is 4.16. The zero-order chi connectivity index (χ0) is 17.4. The molecule has 1 N–H and O–H groups in total. The molecular weight excluding hydrogens is 340 g/mol. The van der Waals surface area contributed by atoms with Crippen LogP contribution in [0.15, 0.2) is 24.3 Å². The van der Waals surface area contributed by atoms with Crippen molar-refractivity contribution in [1.82, 2.24) is 15.1 Å². The number of aromatic nitrogens is 2. The first-order valence-corrected chi connectivity index (χ1v) is 9.17. The minimum absolute atomic E-state index is 0.176. The van der Waals surface area contributed by atoms with Gasteiger partial charge in [0.15, 0.2) is 11.0 Å². The number of fused-ring (bicyclic) bond motifs is 3. The summed E-state index contributed by atoms with van der Waals surface area (Å²) < 4.78 is 5.22. The van der Waals surface area contributed by atoms with E-state index >= 15 is 0 Å². The molecule has 2 aliphatic heterocycles. The molecule has 2 bridgehead atoms. The minimum Gasteiger partial charge on any atom is -0.450 e. The lowest BCUT2D eigenvalue weighted by Crippen LogP contribution is -2.50. The highest BCUT2D eigenvalue weighted by molar-refractivity contribution is 6.34. The monoisotopic (exact) mass is 360 g/mol. The van der Waals surface area contributed by atoms with Crippen molar-refractivity contribution in [3.8, 4) is 0 Å². The van der Waals surface area contributed by atoms with Gasteiger partial charge in [0, 0.05) is 28.9 Å². The van der Waals surface area contributed by atoms with Gasteiger partial charge in [-0.25, -0.2) is 4.79 Å². The molecule has 0 radical (unpaired) electrons. The molecule has 4 rings (SSSR count). The van der Waals surface area contributed by atoms with Crippen molar-refractivity contribution in [2.45, 2.75) is 50.7 Å². The Bertz CT molecular complexity index is 786. The summed E-state index contributed by atoms with van der Waals surface area (Å²) in [4.78, 5) is 14.1. The van der Waals surface area contributed by atoms with Gasteiger partial charge in [0.1, 0.15) is 0 Å². The standard InChI is InChI=1S/C18H21ClN4O2/c1-2-25-18(24)23-12-7-8-13(23)10-11(9-12)20-17-15-6-4-3-5-14(15)16(19)21-22-17/h3-6,11-13H,2,7-10H2,1H3,(H,20,22)/t11-,12-,13+. The topological polar surface area (TPSA) is 67.3 Å². The average molecular weight is 361 g/mol. The van der Waals surface area contributed by atoms with Gasteiger partial charge in [0.25, 0.3) is 0 Å². The third-order valence-electron chi connectivity index (χ3n) is 5.19. The van der Waals surface area contributed by atoms with Crippen LogP contribution in [0.1, 0.15) is 32.6 Å². The van der Waals surface area contributed by atoms with Crippen LogP contribution in [0.2, 0.25) is 5.15 Å². The number of nitrogens with one attached hydrogen (secondary N) is 1. The highest BCUT2D eigenvalue weighted by atomic mass is 35.5. The zero-order valence-corrected chi connectivity index (χ0v) is 14.9. The summed E-state index contributed by atoms with van der Waals surface area (Å²) in [5.41, 5.74) is 0. The second kappa shape index (κ2) is 6.67. The van der Waals surface area contributed by atoms with Gasteiger partial charge in [-0.1, -0.05) is 35.9 Å². The number of rotatable bonds is 3. The Morgan fingerprint density at radius 2 is 1.92 bits per heavy atom. The van der Waals surface area contributed by atoms with Crippen molar-refractivity contribution in [3.63, 3.8) is 0 Å². The molecule has 0 spiro atoms. The SMILES string of the molecule is CCOC(=O)N1[C@@H]2CC[C@H]1C[C@H](Nc1nnc(Cl)c3ccccc13)C2. The summed E-state index contributed by atoms with van der Waals surface area (Å²) in [7, 11) is 0. The number of carbonyl (C=O) groups is 1. The van der Waals surface area contributed by atoms with E-state index in [4.69, 9.17) is 16.3 Å². The van der Waals surface area contributed by atoms with E-state index in [1.165, 1.54) is 0 Å². The van der Waals surface area contributed by atoms with Gasteiger partial charge < -0.3 is 15.0 Å². The number of hydrogen-bond donors (Lipinski definition) is 1. The Kier molecular flexibility index (Phi) is 4.37. The van der Waals surface area contributed by atoms with E-state index < -0.39 is 0 Å². The molecule has 2 saturated heterocycles. The maximum absolute atomic E-state index is 12.2. The number of amides is 1. The lowest BCUT2D eigenvalue weighted by atomic mass is 9.97. The fourth-order valence-corrected chi connectivity index (χ4v) is 4.36. The molecule has 0 saturated carbocycles. The Labute approximate surface area is 151 Å². The zero-order valence-electron chi connectivity index (χ0n) is 14.1. The minimum atomic E-state index is -0.176. The third kappa shape index (κ3) is 2.99. The van der Waals surface area contributed by atoms with Crippen LogP contribution in [-0.4, -0.2) is 45.9 Å². The smallest absolute Gasteiger partial charge is 0.410 e. The number of piperidine rings is 1. The number of nitrogens with zero attached hydrogens (tertiary/aromatic N) is 3. The molecular formula is C18H21ClN4O2. The molecule has 1 aromatic carbocycles. The molecule has 1 aromatic heterocycles. The van der Waals surface area contributed by atoms with Gasteiger partial charge >= 0.3 is 6.09 Å². The average Bonchev–Trinajstić information content (AvgIpc) is 2.89. The van der Waals surface area contributed by atoms with Crippen LogP contribution in [0.5, 0.6) is 0 Å². The maximum atomic E-state index is 12.2. The van der Waals surface area contributed by atoms with Crippen LogP contribution < -0.4 is 5.32 Å². The lowest BCUT2D eigenvalue weighted by Gasteiger charge is -2.38. The van der Waals surface area contributed by atoms with Gasteiger partial charge in [-0.05, 0) is 32.6 Å². The van der Waals surface area contributed by atoms with Crippen molar-refractivity contribution < 1.29 is 9.53 Å². The van der Waals surface area contributed by atoms with Crippen LogP contribution >= 0.6 is 11.6 Å². The van der Waals surface area contributed by atoms with E-state index in [-0.39, 0.29) is 24.2 Å². The highest BCUT2D eigenvalue weighted by Crippen LogP contribution is 2.38. The van der Waals surface area contributed by atoms with Crippen LogP contribution in [0.3, 0.4) is 0 Å². The number of hydrogen-bond acceptors (Lipinski definition) is 5. The van der Waals surface area contributed by atoms with E-state index in [1.54, 1.807) is 0 Å². The third-order valence-corrected chi connectivity index (χ3v) is 5.47. The van der Waals surface area contributed by atoms with Gasteiger partial charge in [-0.15, -0.1) is 10.2 Å². The predicted octanol–water partition coefficient (Wildman–Crippen LogP) is 3.85. The van der Waals surface area contributed by atoms with Crippen molar-refractivity contribution >= 4 is 34.3 Å². The van der Waals surface area contributed by atoms with Crippen molar-refractivity contribution in [1.29, 1.82) is 0 Å². The molecule has 0 unspecified atom stereocenters. The second-order valence-corrected chi connectivity index (χ2v) is 7.05. The molecule has 1 amide bonds. The summed E-state index contributed by atoms with van der Waals surface area (Å²) in [6.45, 7) is 2.27. The predicted molar refractivity (Wildman–Crippen MR) is 96.9 cm³/mol. The highest BCUT2D eigenvalue weighted by Gasteiger charge is 2.44. The number of anilines is 1. The Balaban J connectivity index is 1.53. The molecule has 3 atom stereocenters. The van der Waals surface area contributed by atoms with E-state index in [1.807, 2.05) is 36.1 Å². The number of carbonyl (C=O) groups excluding carboxylic acids is 1. The fraction of sp³-hybridized carbons (Fsp3) is 0.500. The summed E-state index contributed by atoms with van der Waals surface area (Å²) in [5.74, 6) is 0.758. The van der Waals surface area contributed by atoms with Crippen LogP contribution in [-0.2, 0) is 4.74 Å². The quantitative estimate of drug-likeness (QED) is 0.900. The first-order chi connectivity index (χ1) is 12.2. The molecule has 2 aromatic rings. The molecule has 132 valence electrons. The Morgan fingerprint density at radius 3 is 2.60 bits per heavy atom. The normalized spacial score (nSPS) is 25.2. The Hall–Kier alpha value is -2.08. The van der Waals surface area contributed by atoms with Gasteiger partial charge in [0.05, 0.1) is 6.61 Å². The van der Waals surface area contributed by atoms with E-state index in [9.17, 15) is 4.79 Å². The Morgan fingerprint density at radius 1 is 1.24 bits per heavy atom. The van der Waals surface area contributed by atoms with Crippen molar-refractivity contribution in [2.75, 3.05) is 11.9 Å².